The predicted octanol–water partition coefficient (Wildman–Crippen LogP) is 0.926. The van der Waals surface area contributed by atoms with E-state index in [1.165, 1.54) is 0 Å². The molecule has 2 aliphatic heterocycles. The first-order valence-corrected chi connectivity index (χ1v) is 9.62. The summed E-state index contributed by atoms with van der Waals surface area (Å²) in [5.74, 6) is 0.257. The molecule has 3 rings (SSSR count). The Balaban J connectivity index is 1.53. The van der Waals surface area contributed by atoms with Crippen molar-refractivity contribution in [1.29, 1.82) is 0 Å². The van der Waals surface area contributed by atoms with Crippen LogP contribution in [0.5, 0.6) is 5.75 Å². The van der Waals surface area contributed by atoms with Crippen molar-refractivity contribution in [3.05, 3.63) is 29.8 Å². The van der Waals surface area contributed by atoms with E-state index in [0.717, 1.165) is 44.6 Å². The Morgan fingerprint density at radius 1 is 1.12 bits per heavy atom. The number of likely N-dealkylation sites (tertiary alicyclic amines) is 1. The smallest absolute Gasteiger partial charge is 0.226 e. The van der Waals surface area contributed by atoms with E-state index < -0.39 is 5.60 Å². The lowest BCUT2D eigenvalue weighted by Gasteiger charge is -2.38. The molecule has 1 aromatic rings. The Hall–Kier alpha value is -1.63. The molecule has 6 heteroatoms. The highest BCUT2D eigenvalue weighted by Gasteiger charge is 2.33. The zero-order chi connectivity index (χ0) is 18.6. The van der Waals surface area contributed by atoms with Gasteiger partial charge in [0, 0.05) is 45.8 Å². The predicted molar refractivity (Wildman–Crippen MR) is 101 cm³/mol. The zero-order valence-corrected chi connectivity index (χ0v) is 15.7. The molecule has 2 heterocycles. The van der Waals surface area contributed by atoms with Crippen molar-refractivity contribution in [2.45, 2.75) is 31.3 Å². The molecule has 1 atom stereocenters. The minimum Gasteiger partial charge on any atom is -0.508 e. The topological polar surface area (TPSA) is 67.2 Å². The number of phenolic OH excluding ortho intramolecular Hbond substituents is 1. The maximum atomic E-state index is 12.6. The first-order chi connectivity index (χ1) is 12.4. The second-order valence-corrected chi connectivity index (χ2v) is 7.88. The molecule has 1 amide bonds. The van der Waals surface area contributed by atoms with Crippen molar-refractivity contribution in [1.82, 2.24) is 14.7 Å². The molecule has 1 aromatic carbocycles. The fourth-order valence-corrected chi connectivity index (χ4v) is 3.96. The summed E-state index contributed by atoms with van der Waals surface area (Å²) >= 11 is 0. The Kier molecular flexibility index (Phi) is 6.16. The Labute approximate surface area is 156 Å². The number of β-amino-alcohol motifs (C(OH)–C–C–N with tert-alkyl or cyclic N) is 1. The standard InChI is InChI=1S/C20H31N3O3/c1-21-10-12-22(13-11-21)16-20(26)6-3-8-23(9-7-20)19(25)15-17-4-2-5-18(24)14-17/h2,4-5,14,24,26H,3,6-13,15-16H2,1H3. The number of carbonyl (C=O) groups excluding carboxylic acids is 1. The molecule has 0 aromatic heterocycles. The van der Waals surface area contributed by atoms with Crippen LogP contribution in [0.1, 0.15) is 24.8 Å². The average Bonchev–Trinajstić information content (AvgIpc) is 2.79. The largest absolute Gasteiger partial charge is 0.508 e. The van der Waals surface area contributed by atoms with Gasteiger partial charge < -0.3 is 20.0 Å². The molecular formula is C20H31N3O3. The van der Waals surface area contributed by atoms with Crippen LogP contribution in [0.15, 0.2) is 24.3 Å². The molecule has 26 heavy (non-hydrogen) atoms. The second kappa shape index (κ2) is 8.37. The summed E-state index contributed by atoms with van der Waals surface area (Å²) in [6, 6.07) is 6.87. The minimum absolute atomic E-state index is 0.0689. The lowest BCUT2D eigenvalue weighted by molar-refractivity contribution is -0.130. The van der Waals surface area contributed by atoms with Gasteiger partial charge in [-0.15, -0.1) is 0 Å². The Bertz CT molecular complexity index is 616. The van der Waals surface area contributed by atoms with Gasteiger partial charge in [0.15, 0.2) is 0 Å². The highest BCUT2D eigenvalue weighted by molar-refractivity contribution is 5.78. The van der Waals surface area contributed by atoms with Gasteiger partial charge in [-0.3, -0.25) is 9.69 Å². The van der Waals surface area contributed by atoms with E-state index in [2.05, 4.69) is 16.8 Å². The number of nitrogens with zero attached hydrogens (tertiary/aromatic N) is 3. The van der Waals surface area contributed by atoms with Crippen molar-refractivity contribution in [3.8, 4) is 5.75 Å². The maximum Gasteiger partial charge on any atom is 0.226 e. The number of benzene rings is 1. The third-order valence-electron chi connectivity index (χ3n) is 5.65. The fourth-order valence-electron chi connectivity index (χ4n) is 3.96. The molecule has 2 N–H and O–H groups in total. The summed E-state index contributed by atoms with van der Waals surface area (Å²) in [6.07, 6.45) is 2.50. The molecule has 1 unspecified atom stereocenters. The van der Waals surface area contributed by atoms with Gasteiger partial charge in [0.25, 0.3) is 0 Å². The van der Waals surface area contributed by atoms with Gasteiger partial charge in [0.05, 0.1) is 12.0 Å². The fraction of sp³-hybridized carbons (Fsp3) is 0.650. The van der Waals surface area contributed by atoms with Crippen molar-refractivity contribution in [3.63, 3.8) is 0 Å². The lowest BCUT2D eigenvalue weighted by atomic mass is 9.94. The number of piperazine rings is 1. The molecule has 0 aliphatic carbocycles. The van der Waals surface area contributed by atoms with Crippen LogP contribution in [0, 0.1) is 0 Å². The number of aromatic hydroxyl groups is 1. The van der Waals surface area contributed by atoms with E-state index in [0.29, 0.717) is 32.5 Å². The van der Waals surface area contributed by atoms with E-state index in [9.17, 15) is 15.0 Å². The maximum absolute atomic E-state index is 12.6. The first kappa shape index (κ1) is 19.1. The number of hydrogen-bond acceptors (Lipinski definition) is 5. The average molecular weight is 361 g/mol. The summed E-state index contributed by atoms with van der Waals surface area (Å²) in [4.78, 5) is 19.1. The van der Waals surface area contributed by atoms with Crippen LogP contribution in [0.2, 0.25) is 0 Å². The van der Waals surface area contributed by atoms with E-state index in [1.54, 1.807) is 18.2 Å². The third kappa shape index (κ3) is 5.19. The van der Waals surface area contributed by atoms with Gasteiger partial charge in [0.2, 0.25) is 5.91 Å². The molecule has 0 spiro atoms. The molecule has 2 fully saturated rings. The SMILES string of the molecule is CN1CCN(CC2(O)CCCN(C(=O)Cc3cccc(O)c3)CC2)CC1. The number of phenols is 1. The second-order valence-electron chi connectivity index (χ2n) is 7.88. The molecule has 2 aliphatic rings. The summed E-state index contributed by atoms with van der Waals surface area (Å²) < 4.78 is 0. The number of aliphatic hydroxyl groups is 1. The van der Waals surface area contributed by atoms with Crippen molar-refractivity contribution >= 4 is 5.91 Å². The first-order valence-electron chi connectivity index (χ1n) is 9.62. The molecule has 0 radical (unpaired) electrons. The van der Waals surface area contributed by atoms with Crippen LogP contribution in [-0.2, 0) is 11.2 Å². The highest BCUT2D eigenvalue weighted by Crippen LogP contribution is 2.25. The number of hydrogen-bond donors (Lipinski definition) is 2. The quantitative estimate of drug-likeness (QED) is 0.835. The van der Waals surface area contributed by atoms with E-state index in [4.69, 9.17) is 0 Å². The monoisotopic (exact) mass is 361 g/mol. The summed E-state index contributed by atoms with van der Waals surface area (Å²) in [6.45, 7) is 6.09. The number of carbonyl (C=O) groups is 1. The van der Waals surface area contributed by atoms with Gasteiger partial charge in [-0.2, -0.15) is 0 Å². The molecule has 2 saturated heterocycles. The van der Waals surface area contributed by atoms with Crippen molar-refractivity contribution in [2.75, 3.05) is 52.9 Å². The highest BCUT2D eigenvalue weighted by atomic mass is 16.3. The normalized spacial score (nSPS) is 25.8. The third-order valence-corrected chi connectivity index (χ3v) is 5.65. The van der Waals surface area contributed by atoms with Crippen molar-refractivity contribution < 1.29 is 15.0 Å². The van der Waals surface area contributed by atoms with Crippen LogP contribution < -0.4 is 0 Å². The molecule has 0 saturated carbocycles. The molecule has 6 nitrogen and oxygen atoms in total. The number of amides is 1. The van der Waals surface area contributed by atoms with Gasteiger partial charge in [0.1, 0.15) is 5.75 Å². The molecule has 0 bridgehead atoms. The van der Waals surface area contributed by atoms with E-state index in [-0.39, 0.29) is 11.7 Å². The van der Waals surface area contributed by atoms with E-state index in [1.807, 2.05) is 11.0 Å². The van der Waals surface area contributed by atoms with Crippen LogP contribution in [-0.4, -0.2) is 89.3 Å². The molecular weight excluding hydrogens is 330 g/mol. The van der Waals surface area contributed by atoms with E-state index >= 15 is 0 Å². The van der Waals surface area contributed by atoms with Crippen LogP contribution >= 0.6 is 0 Å². The van der Waals surface area contributed by atoms with Crippen molar-refractivity contribution in [2.24, 2.45) is 0 Å². The van der Waals surface area contributed by atoms with Gasteiger partial charge in [-0.25, -0.2) is 0 Å². The van der Waals surface area contributed by atoms with Crippen LogP contribution in [0.3, 0.4) is 0 Å². The summed E-state index contributed by atoms with van der Waals surface area (Å²) in [5, 5.41) is 20.6. The van der Waals surface area contributed by atoms with Gasteiger partial charge in [-0.05, 0) is 44.0 Å². The van der Waals surface area contributed by atoms with Gasteiger partial charge >= 0.3 is 0 Å². The lowest BCUT2D eigenvalue weighted by Crippen LogP contribution is -2.51. The van der Waals surface area contributed by atoms with Crippen LogP contribution in [0.25, 0.3) is 0 Å². The van der Waals surface area contributed by atoms with Crippen LogP contribution in [0.4, 0.5) is 0 Å². The number of rotatable bonds is 4. The Morgan fingerprint density at radius 2 is 1.88 bits per heavy atom. The van der Waals surface area contributed by atoms with Gasteiger partial charge in [-0.1, -0.05) is 12.1 Å². The summed E-state index contributed by atoms with van der Waals surface area (Å²) in [7, 11) is 2.13. The summed E-state index contributed by atoms with van der Waals surface area (Å²) in [5.41, 5.74) is 0.127. The molecule has 144 valence electrons. The number of likely N-dealkylation sites (N-methyl/N-ethyl adjacent to an activating group) is 1. The minimum atomic E-state index is -0.698. The Morgan fingerprint density at radius 3 is 2.62 bits per heavy atom. The zero-order valence-electron chi connectivity index (χ0n) is 15.7.